The zero-order chi connectivity index (χ0) is 17.9. The molecule has 1 amide bonds. The molecule has 0 saturated carbocycles. The molecule has 5 nitrogen and oxygen atoms in total. The second kappa shape index (κ2) is 7.09. The summed E-state index contributed by atoms with van der Waals surface area (Å²) in [5, 5.41) is 7.49. The first-order chi connectivity index (χ1) is 12.7. The molecular weight excluding hydrogens is 346 g/mol. The van der Waals surface area contributed by atoms with Crippen LogP contribution in [0.2, 0.25) is 0 Å². The summed E-state index contributed by atoms with van der Waals surface area (Å²) < 4.78 is 13.6. The van der Waals surface area contributed by atoms with Gasteiger partial charge in [-0.05, 0) is 23.8 Å². The van der Waals surface area contributed by atoms with Crippen LogP contribution in [-0.4, -0.2) is 19.9 Å². The van der Waals surface area contributed by atoms with Gasteiger partial charge >= 0.3 is 0 Å². The molecule has 4 rings (SSSR count). The first kappa shape index (κ1) is 16.5. The van der Waals surface area contributed by atoms with Crippen LogP contribution in [0.3, 0.4) is 0 Å². The van der Waals surface area contributed by atoms with Crippen molar-refractivity contribution in [3.63, 3.8) is 0 Å². The van der Waals surface area contributed by atoms with Gasteiger partial charge in [0.1, 0.15) is 5.82 Å². The highest BCUT2D eigenvalue weighted by molar-refractivity contribution is 7.83. The van der Waals surface area contributed by atoms with E-state index in [1.165, 1.54) is 6.08 Å². The van der Waals surface area contributed by atoms with Crippen molar-refractivity contribution in [2.75, 3.05) is 5.32 Å². The molecule has 0 fully saturated rings. The van der Waals surface area contributed by atoms with E-state index >= 15 is 0 Å². The maximum Gasteiger partial charge on any atom is 0.249 e. The van der Waals surface area contributed by atoms with E-state index in [2.05, 4.69) is 10.4 Å². The first-order valence-electron chi connectivity index (χ1n) is 8.26. The average molecular weight is 363 g/mol. The number of fused-ring (bicyclic) bond motifs is 1. The highest BCUT2D eigenvalue weighted by Crippen LogP contribution is 2.31. The second-order valence-corrected chi connectivity index (χ2v) is 7.44. The summed E-state index contributed by atoms with van der Waals surface area (Å²) in [7, 11) is -0.957. The van der Waals surface area contributed by atoms with Gasteiger partial charge in [-0.25, -0.2) is 4.68 Å². The highest BCUT2D eigenvalue weighted by Gasteiger charge is 2.27. The van der Waals surface area contributed by atoms with Gasteiger partial charge in [0.15, 0.2) is 0 Å². The van der Waals surface area contributed by atoms with Gasteiger partial charge in [-0.1, -0.05) is 48.5 Å². The number of amides is 1. The molecule has 26 heavy (non-hydrogen) atoms. The molecule has 130 valence electrons. The van der Waals surface area contributed by atoms with Crippen LogP contribution < -0.4 is 5.32 Å². The number of para-hydroxylation sites is 1. The molecule has 2 aromatic carbocycles. The van der Waals surface area contributed by atoms with E-state index in [-0.39, 0.29) is 5.91 Å². The summed E-state index contributed by atoms with van der Waals surface area (Å²) in [4.78, 5) is 12.4. The van der Waals surface area contributed by atoms with Crippen LogP contribution in [0.15, 0.2) is 66.7 Å². The Bertz CT molecular complexity index is 995. The van der Waals surface area contributed by atoms with Crippen LogP contribution in [0.5, 0.6) is 0 Å². The van der Waals surface area contributed by atoms with Gasteiger partial charge in [0.25, 0.3) is 0 Å². The Labute approximate surface area is 153 Å². The van der Waals surface area contributed by atoms with E-state index in [0.29, 0.717) is 17.3 Å². The molecular formula is C20H17N3O2S. The van der Waals surface area contributed by atoms with Crippen LogP contribution in [0.4, 0.5) is 5.82 Å². The fraction of sp³-hybridized carbons (Fsp3) is 0.100. The third-order valence-electron chi connectivity index (χ3n) is 4.14. The van der Waals surface area contributed by atoms with E-state index < -0.39 is 10.8 Å². The number of nitrogens with zero attached hydrogens (tertiary/aromatic N) is 2. The number of carbonyl (C=O) groups excluding carboxylic acids is 1. The minimum Gasteiger partial charge on any atom is -0.307 e. The van der Waals surface area contributed by atoms with Gasteiger partial charge < -0.3 is 5.32 Å². The smallest absolute Gasteiger partial charge is 0.249 e. The molecule has 0 aliphatic carbocycles. The lowest BCUT2D eigenvalue weighted by Gasteiger charge is -2.09. The lowest BCUT2D eigenvalue weighted by molar-refractivity contribution is -0.111. The molecule has 1 aliphatic rings. The van der Waals surface area contributed by atoms with Gasteiger partial charge in [0.2, 0.25) is 5.91 Å². The molecule has 6 heteroatoms. The Morgan fingerprint density at radius 1 is 1.04 bits per heavy atom. The Kier molecular flexibility index (Phi) is 4.50. The maximum atomic E-state index is 12.4. The second-order valence-electron chi connectivity index (χ2n) is 5.98. The molecule has 1 N–H and O–H groups in total. The van der Waals surface area contributed by atoms with E-state index in [0.717, 1.165) is 22.5 Å². The number of rotatable bonds is 4. The minimum absolute atomic E-state index is 0.244. The van der Waals surface area contributed by atoms with Gasteiger partial charge in [-0.15, -0.1) is 0 Å². The Balaban J connectivity index is 1.64. The Hall–Kier alpha value is -2.99. The zero-order valence-electron chi connectivity index (χ0n) is 14.0. The molecule has 1 aliphatic heterocycles. The summed E-state index contributed by atoms with van der Waals surface area (Å²) in [5.74, 6) is 1.20. The van der Waals surface area contributed by atoms with Crippen LogP contribution in [0.25, 0.3) is 11.8 Å². The summed E-state index contributed by atoms with van der Waals surface area (Å²) in [6.07, 6.45) is 3.26. The summed E-state index contributed by atoms with van der Waals surface area (Å²) >= 11 is 0. The van der Waals surface area contributed by atoms with Crippen molar-refractivity contribution >= 4 is 28.6 Å². The van der Waals surface area contributed by atoms with Crippen molar-refractivity contribution in [2.24, 2.45) is 0 Å². The Morgan fingerprint density at radius 2 is 1.73 bits per heavy atom. The van der Waals surface area contributed by atoms with Crippen molar-refractivity contribution in [1.82, 2.24) is 9.78 Å². The SMILES string of the molecule is O=C(/C=C\c1ccccc1)Nc1c2c(nn1-c1ccccc1)C[S@](=O)C2. The minimum atomic E-state index is -0.957. The molecule has 1 atom stereocenters. The molecule has 0 unspecified atom stereocenters. The molecule has 0 spiro atoms. The average Bonchev–Trinajstić information content (AvgIpc) is 3.19. The highest BCUT2D eigenvalue weighted by atomic mass is 32.2. The number of benzene rings is 2. The van der Waals surface area contributed by atoms with Crippen molar-refractivity contribution in [3.8, 4) is 5.69 Å². The van der Waals surface area contributed by atoms with Gasteiger partial charge in [0.05, 0.1) is 22.9 Å². The topological polar surface area (TPSA) is 64.0 Å². The normalized spacial score (nSPS) is 15.9. The van der Waals surface area contributed by atoms with Crippen molar-refractivity contribution in [3.05, 3.63) is 83.6 Å². The van der Waals surface area contributed by atoms with Gasteiger partial charge in [0, 0.05) is 22.4 Å². The number of anilines is 1. The molecule has 1 aromatic heterocycles. The predicted molar refractivity (Wildman–Crippen MR) is 103 cm³/mol. The monoisotopic (exact) mass is 363 g/mol. The number of nitrogens with one attached hydrogen (secondary N) is 1. The lowest BCUT2D eigenvalue weighted by atomic mass is 10.2. The van der Waals surface area contributed by atoms with Crippen LogP contribution in [0.1, 0.15) is 16.8 Å². The fourth-order valence-electron chi connectivity index (χ4n) is 2.91. The largest absolute Gasteiger partial charge is 0.307 e. The van der Waals surface area contributed by atoms with Gasteiger partial charge in [-0.3, -0.25) is 9.00 Å². The standard InChI is InChI=1S/C20H17N3O2S/c24-19(12-11-15-7-3-1-4-8-15)21-20-17-13-26(25)14-18(17)22-23(20)16-9-5-2-6-10-16/h1-12H,13-14H2,(H,21,24)/b12-11-/t26-/m1/s1. The van der Waals surface area contributed by atoms with E-state index in [1.54, 1.807) is 10.8 Å². The summed E-state index contributed by atoms with van der Waals surface area (Å²) in [5.41, 5.74) is 3.45. The predicted octanol–water partition coefficient (Wildman–Crippen LogP) is 3.29. The number of aromatic nitrogens is 2. The lowest BCUT2D eigenvalue weighted by Crippen LogP contribution is -2.14. The molecule has 0 bridgehead atoms. The molecule has 3 aromatic rings. The zero-order valence-corrected chi connectivity index (χ0v) is 14.8. The summed E-state index contributed by atoms with van der Waals surface area (Å²) in [6, 6.07) is 19.2. The maximum absolute atomic E-state index is 12.4. The quantitative estimate of drug-likeness (QED) is 0.724. The number of hydrogen-bond acceptors (Lipinski definition) is 3. The van der Waals surface area contributed by atoms with E-state index in [9.17, 15) is 9.00 Å². The van der Waals surface area contributed by atoms with Crippen molar-refractivity contribution in [1.29, 1.82) is 0 Å². The van der Waals surface area contributed by atoms with Gasteiger partial charge in [-0.2, -0.15) is 5.10 Å². The third kappa shape index (κ3) is 3.36. The molecule has 0 radical (unpaired) electrons. The van der Waals surface area contributed by atoms with E-state index in [4.69, 9.17) is 0 Å². The summed E-state index contributed by atoms with van der Waals surface area (Å²) in [6.45, 7) is 0. The van der Waals surface area contributed by atoms with Crippen molar-refractivity contribution < 1.29 is 9.00 Å². The van der Waals surface area contributed by atoms with E-state index in [1.807, 2.05) is 60.7 Å². The first-order valence-corrected chi connectivity index (χ1v) is 9.75. The molecule has 2 heterocycles. The van der Waals surface area contributed by atoms with Crippen LogP contribution >= 0.6 is 0 Å². The third-order valence-corrected chi connectivity index (χ3v) is 5.34. The fourth-order valence-corrected chi connectivity index (χ4v) is 4.17. The Morgan fingerprint density at radius 3 is 2.46 bits per heavy atom. The van der Waals surface area contributed by atoms with Crippen LogP contribution in [0, 0.1) is 0 Å². The van der Waals surface area contributed by atoms with Crippen LogP contribution in [-0.2, 0) is 27.1 Å². The molecule has 0 saturated heterocycles. The van der Waals surface area contributed by atoms with Crippen molar-refractivity contribution in [2.45, 2.75) is 11.5 Å². The number of hydrogen-bond donors (Lipinski definition) is 1. The number of carbonyl (C=O) groups is 1.